The molecule has 0 heterocycles. The number of rotatable bonds is 4. The Morgan fingerprint density at radius 1 is 1.29 bits per heavy atom. The lowest BCUT2D eigenvalue weighted by molar-refractivity contribution is 0.241. The second-order valence-electron chi connectivity index (χ2n) is 3.61. The van der Waals surface area contributed by atoms with Gasteiger partial charge in [0.2, 0.25) is 0 Å². The minimum atomic E-state index is 0.102. The summed E-state index contributed by atoms with van der Waals surface area (Å²) in [6.45, 7) is 6.19. The molecule has 0 aliphatic carbocycles. The topological polar surface area (TPSA) is 29.5 Å². The molecule has 0 radical (unpaired) electrons. The summed E-state index contributed by atoms with van der Waals surface area (Å²) in [6.07, 6.45) is 1.12. The zero-order valence-corrected chi connectivity index (χ0v) is 9.08. The molecule has 0 bridgehead atoms. The zero-order chi connectivity index (χ0) is 10.6. The van der Waals surface area contributed by atoms with E-state index in [0.717, 1.165) is 23.3 Å². The molecule has 0 atom stereocenters. The summed E-state index contributed by atoms with van der Waals surface area (Å²) in [4.78, 5) is 0. The number of benzene rings is 1. The summed E-state index contributed by atoms with van der Waals surface area (Å²) >= 11 is 0. The predicted octanol–water partition coefficient (Wildman–Crippen LogP) is 2.53. The smallest absolute Gasteiger partial charge is 0.119 e. The van der Waals surface area contributed by atoms with Crippen LogP contribution in [0.4, 0.5) is 0 Å². The Bertz CT molecular complexity index is 292. The van der Waals surface area contributed by atoms with Gasteiger partial charge in [-0.3, -0.25) is 0 Å². The fourth-order valence-electron chi connectivity index (χ4n) is 1.43. The maximum absolute atomic E-state index is 9.08. The van der Waals surface area contributed by atoms with Crippen LogP contribution in [-0.4, -0.2) is 11.2 Å². The number of aryl methyl sites for hydroxylation is 1. The van der Waals surface area contributed by atoms with E-state index in [1.807, 2.05) is 32.0 Å². The highest BCUT2D eigenvalue weighted by molar-refractivity contribution is 5.35. The van der Waals surface area contributed by atoms with Crippen molar-refractivity contribution in [2.75, 3.05) is 0 Å². The Balaban J connectivity index is 2.89. The van der Waals surface area contributed by atoms with Gasteiger partial charge in [-0.15, -0.1) is 0 Å². The van der Waals surface area contributed by atoms with E-state index < -0.39 is 0 Å². The molecule has 0 aromatic heterocycles. The Morgan fingerprint density at radius 3 is 2.50 bits per heavy atom. The lowest BCUT2D eigenvalue weighted by Crippen LogP contribution is -2.06. The van der Waals surface area contributed by atoms with Crippen LogP contribution in [0.5, 0.6) is 5.75 Å². The Hall–Kier alpha value is -1.02. The van der Waals surface area contributed by atoms with Crippen LogP contribution < -0.4 is 4.74 Å². The molecule has 78 valence electrons. The minimum absolute atomic E-state index is 0.102. The Kier molecular flexibility index (Phi) is 3.96. The van der Waals surface area contributed by atoms with Crippen LogP contribution in [0.15, 0.2) is 18.2 Å². The van der Waals surface area contributed by atoms with E-state index in [2.05, 4.69) is 6.92 Å². The molecule has 2 heteroatoms. The molecule has 0 aliphatic heterocycles. The summed E-state index contributed by atoms with van der Waals surface area (Å²) in [6, 6.07) is 5.84. The van der Waals surface area contributed by atoms with E-state index in [1.54, 1.807) is 0 Å². The minimum Gasteiger partial charge on any atom is -0.491 e. The van der Waals surface area contributed by atoms with Gasteiger partial charge in [0.05, 0.1) is 12.7 Å². The normalized spacial score (nSPS) is 10.6. The second kappa shape index (κ2) is 5.01. The molecule has 0 spiro atoms. The van der Waals surface area contributed by atoms with Gasteiger partial charge >= 0.3 is 0 Å². The van der Waals surface area contributed by atoms with Gasteiger partial charge in [-0.25, -0.2) is 0 Å². The first-order valence-corrected chi connectivity index (χ1v) is 5.06. The van der Waals surface area contributed by atoms with Gasteiger partial charge in [0, 0.05) is 0 Å². The van der Waals surface area contributed by atoms with Gasteiger partial charge in [-0.2, -0.15) is 0 Å². The molecular weight excluding hydrogens is 176 g/mol. The molecule has 0 saturated heterocycles. The maximum Gasteiger partial charge on any atom is 0.119 e. The lowest BCUT2D eigenvalue weighted by atomic mass is 10.1. The fraction of sp³-hybridized carbons (Fsp3) is 0.500. The summed E-state index contributed by atoms with van der Waals surface area (Å²) in [7, 11) is 0. The van der Waals surface area contributed by atoms with Crippen LogP contribution >= 0.6 is 0 Å². The van der Waals surface area contributed by atoms with E-state index in [0.29, 0.717) is 0 Å². The summed E-state index contributed by atoms with van der Waals surface area (Å²) < 4.78 is 5.57. The first-order chi connectivity index (χ1) is 6.67. The van der Waals surface area contributed by atoms with Gasteiger partial charge in [-0.05, 0) is 43.5 Å². The Labute approximate surface area is 85.5 Å². The third kappa shape index (κ3) is 2.74. The van der Waals surface area contributed by atoms with Gasteiger partial charge in [0.25, 0.3) is 0 Å². The number of aliphatic hydroxyl groups excluding tert-OH is 1. The number of ether oxygens (including phenoxy) is 1. The average Bonchev–Trinajstić information content (AvgIpc) is 2.16. The van der Waals surface area contributed by atoms with Crippen molar-refractivity contribution in [2.24, 2.45) is 0 Å². The van der Waals surface area contributed by atoms with Crippen molar-refractivity contribution >= 4 is 0 Å². The Morgan fingerprint density at radius 2 is 2.00 bits per heavy atom. The second-order valence-corrected chi connectivity index (χ2v) is 3.61. The lowest BCUT2D eigenvalue weighted by Gasteiger charge is -2.12. The highest BCUT2D eigenvalue weighted by Crippen LogP contribution is 2.19. The molecule has 0 aliphatic rings. The van der Waals surface area contributed by atoms with Crippen LogP contribution in [0.3, 0.4) is 0 Å². The van der Waals surface area contributed by atoms with E-state index in [1.165, 1.54) is 0 Å². The first kappa shape index (κ1) is 11.1. The number of hydrogen-bond donors (Lipinski definition) is 1. The van der Waals surface area contributed by atoms with Crippen LogP contribution in [0.1, 0.15) is 31.9 Å². The van der Waals surface area contributed by atoms with Crippen LogP contribution in [0.25, 0.3) is 0 Å². The molecule has 1 aromatic carbocycles. The monoisotopic (exact) mass is 194 g/mol. The van der Waals surface area contributed by atoms with E-state index >= 15 is 0 Å². The SMILES string of the molecule is CCc1cc(OC(C)C)ccc1CO. The molecule has 2 nitrogen and oxygen atoms in total. The number of aliphatic hydroxyl groups is 1. The fourth-order valence-corrected chi connectivity index (χ4v) is 1.43. The summed E-state index contributed by atoms with van der Waals surface area (Å²) in [5.74, 6) is 0.883. The van der Waals surface area contributed by atoms with Gasteiger partial charge in [0.1, 0.15) is 5.75 Å². The molecule has 0 unspecified atom stereocenters. The quantitative estimate of drug-likeness (QED) is 0.798. The van der Waals surface area contributed by atoms with Crippen molar-refractivity contribution in [3.63, 3.8) is 0 Å². The standard InChI is InChI=1S/C12H18O2/c1-4-10-7-12(14-9(2)3)6-5-11(10)8-13/h5-7,9,13H,4,8H2,1-3H3. The van der Waals surface area contributed by atoms with E-state index in [4.69, 9.17) is 9.84 Å². The number of hydrogen-bond acceptors (Lipinski definition) is 2. The van der Waals surface area contributed by atoms with Gasteiger partial charge in [0.15, 0.2) is 0 Å². The first-order valence-electron chi connectivity index (χ1n) is 5.06. The maximum atomic E-state index is 9.08. The largest absolute Gasteiger partial charge is 0.491 e. The average molecular weight is 194 g/mol. The third-order valence-electron chi connectivity index (χ3n) is 2.10. The molecule has 0 amide bonds. The van der Waals surface area contributed by atoms with Crippen LogP contribution in [0, 0.1) is 0 Å². The van der Waals surface area contributed by atoms with Crippen molar-refractivity contribution < 1.29 is 9.84 Å². The van der Waals surface area contributed by atoms with E-state index in [-0.39, 0.29) is 12.7 Å². The molecule has 0 saturated carbocycles. The molecule has 1 N–H and O–H groups in total. The van der Waals surface area contributed by atoms with Crippen molar-refractivity contribution in [3.8, 4) is 5.75 Å². The van der Waals surface area contributed by atoms with E-state index in [9.17, 15) is 0 Å². The molecule has 14 heavy (non-hydrogen) atoms. The predicted molar refractivity (Wildman–Crippen MR) is 57.5 cm³/mol. The van der Waals surface area contributed by atoms with Crippen molar-refractivity contribution in [1.29, 1.82) is 0 Å². The molecular formula is C12H18O2. The highest BCUT2D eigenvalue weighted by Gasteiger charge is 2.03. The van der Waals surface area contributed by atoms with Crippen LogP contribution in [0.2, 0.25) is 0 Å². The van der Waals surface area contributed by atoms with Crippen molar-refractivity contribution in [3.05, 3.63) is 29.3 Å². The summed E-state index contributed by atoms with van der Waals surface area (Å²) in [5, 5.41) is 9.08. The van der Waals surface area contributed by atoms with Crippen LogP contribution in [-0.2, 0) is 13.0 Å². The molecule has 1 rings (SSSR count). The van der Waals surface area contributed by atoms with Gasteiger partial charge in [-0.1, -0.05) is 13.0 Å². The zero-order valence-electron chi connectivity index (χ0n) is 9.08. The molecule has 1 aromatic rings. The molecule has 0 fully saturated rings. The van der Waals surface area contributed by atoms with Gasteiger partial charge < -0.3 is 9.84 Å². The van der Waals surface area contributed by atoms with Crippen molar-refractivity contribution in [2.45, 2.75) is 39.9 Å². The third-order valence-corrected chi connectivity index (χ3v) is 2.10. The van der Waals surface area contributed by atoms with Crippen molar-refractivity contribution in [1.82, 2.24) is 0 Å². The highest BCUT2D eigenvalue weighted by atomic mass is 16.5. The summed E-state index contributed by atoms with van der Waals surface area (Å²) in [5.41, 5.74) is 2.15.